The number of fused-ring (bicyclic) bond motifs is 1. The normalized spacial score (nSPS) is 12.9. The largest absolute Gasteiger partial charge is 0.373 e. The maximum atomic E-state index is 6.11. The first-order valence-corrected chi connectivity index (χ1v) is 7.65. The van der Waals surface area contributed by atoms with Crippen LogP contribution in [0.4, 0.5) is 5.69 Å². The third kappa shape index (κ3) is 3.46. The third-order valence-corrected chi connectivity index (χ3v) is 4.02. The molecule has 5 heteroatoms. The zero-order valence-corrected chi connectivity index (χ0v) is 13.8. The molecule has 0 fully saturated rings. The van der Waals surface area contributed by atoms with Gasteiger partial charge in [-0.2, -0.15) is 0 Å². The van der Waals surface area contributed by atoms with E-state index in [1.807, 2.05) is 18.3 Å². The van der Waals surface area contributed by atoms with Crippen LogP contribution in [0.25, 0.3) is 11.0 Å². The van der Waals surface area contributed by atoms with E-state index in [2.05, 4.69) is 51.7 Å². The van der Waals surface area contributed by atoms with Gasteiger partial charge in [0.1, 0.15) is 5.52 Å². The minimum absolute atomic E-state index is 0.229. The molecular formula is C15H21BrN4. The number of pyridine rings is 2. The van der Waals surface area contributed by atoms with Crippen LogP contribution in [0.15, 0.2) is 29.0 Å². The van der Waals surface area contributed by atoms with Crippen molar-refractivity contribution < 1.29 is 0 Å². The Morgan fingerprint density at radius 1 is 1.35 bits per heavy atom. The van der Waals surface area contributed by atoms with Gasteiger partial charge in [-0.1, -0.05) is 13.8 Å². The molecule has 20 heavy (non-hydrogen) atoms. The molecule has 0 amide bonds. The molecule has 0 saturated heterocycles. The predicted octanol–water partition coefficient (Wildman–Crippen LogP) is 3.20. The number of rotatable bonds is 5. The Morgan fingerprint density at radius 3 is 2.80 bits per heavy atom. The lowest BCUT2D eigenvalue weighted by molar-refractivity contribution is 0.466. The molecule has 1 atom stereocenters. The second-order valence-corrected chi connectivity index (χ2v) is 6.39. The number of nitrogens with two attached hydrogens (primary N) is 1. The highest BCUT2D eigenvalue weighted by Crippen LogP contribution is 2.24. The van der Waals surface area contributed by atoms with Gasteiger partial charge in [-0.25, -0.2) is 0 Å². The fraction of sp³-hybridized carbons (Fsp3) is 0.467. The predicted molar refractivity (Wildman–Crippen MR) is 87.9 cm³/mol. The molecule has 0 bridgehead atoms. The van der Waals surface area contributed by atoms with Crippen LogP contribution in [0.1, 0.15) is 20.3 Å². The van der Waals surface area contributed by atoms with Crippen LogP contribution in [0.5, 0.6) is 0 Å². The molecule has 0 aromatic carbocycles. The highest BCUT2D eigenvalue weighted by atomic mass is 79.9. The number of aromatic nitrogens is 2. The zero-order chi connectivity index (χ0) is 14.7. The Bertz CT molecular complexity index is 585. The van der Waals surface area contributed by atoms with E-state index < -0.39 is 0 Å². The lowest BCUT2D eigenvalue weighted by Crippen LogP contribution is -2.31. The quantitative estimate of drug-likeness (QED) is 0.910. The van der Waals surface area contributed by atoms with E-state index in [4.69, 9.17) is 5.73 Å². The summed E-state index contributed by atoms with van der Waals surface area (Å²) < 4.78 is 0.944. The Balaban J connectivity index is 2.20. The molecule has 1 unspecified atom stereocenters. The molecule has 0 radical (unpaired) electrons. The van der Waals surface area contributed by atoms with E-state index in [1.54, 1.807) is 6.20 Å². The summed E-state index contributed by atoms with van der Waals surface area (Å²) in [6.45, 7) is 5.23. The van der Waals surface area contributed by atoms with Gasteiger partial charge in [-0.05, 0) is 40.4 Å². The molecule has 0 spiro atoms. The van der Waals surface area contributed by atoms with Crippen molar-refractivity contribution in [1.29, 1.82) is 0 Å². The maximum Gasteiger partial charge on any atom is 0.112 e. The molecule has 0 aliphatic heterocycles. The second-order valence-electron chi connectivity index (χ2n) is 5.47. The Kier molecular flexibility index (Phi) is 4.94. The van der Waals surface area contributed by atoms with Crippen LogP contribution in [-0.2, 0) is 0 Å². The summed E-state index contributed by atoms with van der Waals surface area (Å²) >= 11 is 3.43. The first-order chi connectivity index (χ1) is 9.49. The first kappa shape index (κ1) is 15.2. The topological polar surface area (TPSA) is 55.0 Å². The third-order valence-electron chi connectivity index (χ3n) is 3.59. The average Bonchev–Trinajstić information content (AvgIpc) is 2.43. The van der Waals surface area contributed by atoms with E-state index in [9.17, 15) is 0 Å². The van der Waals surface area contributed by atoms with Gasteiger partial charge >= 0.3 is 0 Å². The monoisotopic (exact) mass is 336 g/mol. The standard InChI is InChI=1S/C15H21BrN4/c1-10(2)12(17)5-7-20(3)14-4-6-18-13-8-11(16)9-19-15(13)14/h4,6,8-10,12H,5,7,17H2,1-3H3. The SMILES string of the molecule is CC(C)C(N)CCN(C)c1ccnc2cc(Br)cnc12. The summed E-state index contributed by atoms with van der Waals surface area (Å²) in [5.74, 6) is 0.506. The van der Waals surface area contributed by atoms with Crippen molar-refractivity contribution in [2.75, 3.05) is 18.5 Å². The van der Waals surface area contributed by atoms with Crippen molar-refractivity contribution >= 4 is 32.7 Å². The minimum atomic E-state index is 0.229. The van der Waals surface area contributed by atoms with Crippen molar-refractivity contribution in [1.82, 2.24) is 9.97 Å². The highest BCUT2D eigenvalue weighted by molar-refractivity contribution is 9.10. The number of halogens is 1. The Labute approximate surface area is 128 Å². The number of hydrogen-bond donors (Lipinski definition) is 1. The molecule has 2 aromatic rings. The highest BCUT2D eigenvalue weighted by Gasteiger charge is 2.12. The summed E-state index contributed by atoms with van der Waals surface area (Å²) in [4.78, 5) is 11.0. The lowest BCUT2D eigenvalue weighted by Gasteiger charge is -2.23. The van der Waals surface area contributed by atoms with Crippen LogP contribution >= 0.6 is 15.9 Å². The van der Waals surface area contributed by atoms with Crippen LogP contribution in [0.2, 0.25) is 0 Å². The summed E-state index contributed by atoms with van der Waals surface area (Å²) in [5, 5.41) is 0. The summed E-state index contributed by atoms with van der Waals surface area (Å²) in [5.41, 5.74) is 9.04. The van der Waals surface area contributed by atoms with Crippen molar-refractivity contribution in [2.45, 2.75) is 26.3 Å². The van der Waals surface area contributed by atoms with Gasteiger partial charge in [-0.15, -0.1) is 0 Å². The van der Waals surface area contributed by atoms with Crippen molar-refractivity contribution in [3.63, 3.8) is 0 Å². The van der Waals surface area contributed by atoms with Gasteiger partial charge in [0.15, 0.2) is 0 Å². The van der Waals surface area contributed by atoms with E-state index >= 15 is 0 Å². The smallest absolute Gasteiger partial charge is 0.112 e. The van der Waals surface area contributed by atoms with Crippen molar-refractivity contribution in [3.8, 4) is 0 Å². The molecular weight excluding hydrogens is 316 g/mol. The van der Waals surface area contributed by atoms with Gasteiger partial charge in [0.2, 0.25) is 0 Å². The van der Waals surface area contributed by atoms with E-state index in [-0.39, 0.29) is 6.04 Å². The molecule has 2 N–H and O–H groups in total. The molecule has 4 nitrogen and oxygen atoms in total. The number of hydrogen-bond acceptors (Lipinski definition) is 4. The van der Waals surface area contributed by atoms with Crippen LogP contribution in [0.3, 0.4) is 0 Å². The van der Waals surface area contributed by atoms with E-state index in [1.165, 1.54) is 0 Å². The number of nitrogens with zero attached hydrogens (tertiary/aromatic N) is 3. The fourth-order valence-electron chi connectivity index (χ4n) is 2.10. The van der Waals surface area contributed by atoms with Crippen LogP contribution in [0, 0.1) is 5.92 Å². The van der Waals surface area contributed by atoms with Gasteiger partial charge in [0.05, 0.1) is 11.2 Å². The van der Waals surface area contributed by atoms with E-state index in [0.717, 1.165) is 34.2 Å². The minimum Gasteiger partial charge on any atom is -0.373 e. The molecule has 0 aliphatic rings. The summed E-state index contributed by atoms with van der Waals surface area (Å²) in [6, 6.07) is 4.22. The molecule has 0 aliphatic carbocycles. The van der Waals surface area contributed by atoms with Crippen molar-refractivity contribution in [2.24, 2.45) is 11.7 Å². The molecule has 0 saturated carbocycles. The average molecular weight is 337 g/mol. The van der Waals surface area contributed by atoms with Gasteiger partial charge in [0.25, 0.3) is 0 Å². The lowest BCUT2D eigenvalue weighted by atomic mass is 10.0. The van der Waals surface area contributed by atoms with E-state index in [0.29, 0.717) is 5.92 Å². The number of anilines is 1. The summed E-state index contributed by atoms with van der Waals surface area (Å²) in [6.07, 6.45) is 4.60. The molecule has 2 aromatic heterocycles. The molecule has 2 heterocycles. The van der Waals surface area contributed by atoms with Gasteiger partial charge in [-0.3, -0.25) is 9.97 Å². The second kappa shape index (κ2) is 6.50. The zero-order valence-electron chi connectivity index (χ0n) is 12.2. The Hall–Kier alpha value is -1.20. The van der Waals surface area contributed by atoms with Crippen LogP contribution < -0.4 is 10.6 Å². The Morgan fingerprint density at radius 2 is 2.10 bits per heavy atom. The van der Waals surface area contributed by atoms with Gasteiger partial charge in [0, 0.05) is 36.5 Å². The maximum absolute atomic E-state index is 6.11. The van der Waals surface area contributed by atoms with Gasteiger partial charge < -0.3 is 10.6 Å². The molecule has 108 valence electrons. The summed E-state index contributed by atoms with van der Waals surface area (Å²) in [7, 11) is 2.07. The van der Waals surface area contributed by atoms with Crippen molar-refractivity contribution in [3.05, 3.63) is 29.0 Å². The fourth-order valence-corrected chi connectivity index (χ4v) is 2.42. The first-order valence-electron chi connectivity index (χ1n) is 6.86. The van der Waals surface area contributed by atoms with Crippen LogP contribution in [-0.4, -0.2) is 29.6 Å². The molecule has 2 rings (SSSR count).